The second-order valence-corrected chi connectivity index (χ2v) is 4.16. The van der Waals surface area contributed by atoms with Crippen LogP contribution < -0.4 is 10.6 Å². The van der Waals surface area contributed by atoms with Crippen LogP contribution in [0.5, 0.6) is 0 Å². The van der Waals surface area contributed by atoms with Crippen molar-refractivity contribution in [3.05, 3.63) is 5.89 Å². The quantitative estimate of drug-likeness (QED) is 0.792. The number of nitrogens with zero attached hydrogens (tertiary/aromatic N) is 3. The molecule has 2 unspecified atom stereocenters. The Kier molecular flexibility index (Phi) is 3.40. The first-order valence-electron chi connectivity index (χ1n) is 5.61. The first-order chi connectivity index (χ1) is 7.70. The average Bonchev–Trinajstić information content (AvgIpc) is 2.71. The van der Waals surface area contributed by atoms with Gasteiger partial charge in [-0.05, 0) is 13.8 Å². The maximum atomic E-state index is 5.55. The highest BCUT2D eigenvalue weighted by atomic mass is 16.5. The van der Waals surface area contributed by atoms with Crippen LogP contribution in [-0.4, -0.2) is 42.0 Å². The SMILES string of the molecule is CC1CN(c2nnc(CCN)o2)C(C)CO1. The zero-order valence-corrected chi connectivity index (χ0v) is 9.72. The smallest absolute Gasteiger partial charge is 0.318 e. The molecule has 1 saturated heterocycles. The molecule has 2 N–H and O–H groups in total. The van der Waals surface area contributed by atoms with Crippen LogP contribution in [0, 0.1) is 0 Å². The van der Waals surface area contributed by atoms with Crippen molar-refractivity contribution >= 4 is 6.01 Å². The van der Waals surface area contributed by atoms with Crippen LogP contribution in [-0.2, 0) is 11.2 Å². The second-order valence-electron chi connectivity index (χ2n) is 4.16. The Morgan fingerprint density at radius 1 is 1.44 bits per heavy atom. The first kappa shape index (κ1) is 11.3. The zero-order valence-electron chi connectivity index (χ0n) is 9.72. The van der Waals surface area contributed by atoms with Crippen molar-refractivity contribution in [3.63, 3.8) is 0 Å². The van der Waals surface area contributed by atoms with Gasteiger partial charge in [-0.3, -0.25) is 0 Å². The highest BCUT2D eigenvalue weighted by Crippen LogP contribution is 2.20. The van der Waals surface area contributed by atoms with Gasteiger partial charge in [-0.1, -0.05) is 5.10 Å². The largest absolute Gasteiger partial charge is 0.408 e. The number of hydrogen-bond donors (Lipinski definition) is 1. The standard InChI is InChI=1S/C10H18N4O2/c1-7-6-15-8(2)5-14(7)10-13-12-9(16-10)3-4-11/h7-8H,3-6,11H2,1-2H3. The summed E-state index contributed by atoms with van der Waals surface area (Å²) in [6, 6.07) is 0.841. The van der Waals surface area contributed by atoms with Gasteiger partial charge in [0.15, 0.2) is 0 Å². The molecule has 90 valence electrons. The van der Waals surface area contributed by atoms with E-state index >= 15 is 0 Å². The summed E-state index contributed by atoms with van der Waals surface area (Å²) in [4.78, 5) is 2.08. The van der Waals surface area contributed by atoms with Gasteiger partial charge >= 0.3 is 6.01 Å². The molecule has 0 bridgehead atoms. The summed E-state index contributed by atoms with van der Waals surface area (Å²) in [5.74, 6) is 0.601. The summed E-state index contributed by atoms with van der Waals surface area (Å²) in [5.41, 5.74) is 5.44. The van der Waals surface area contributed by atoms with Crippen LogP contribution in [0.15, 0.2) is 4.42 Å². The summed E-state index contributed by atoms with van der Waals surface area (Å²) in [5, 5.41) is 8.00. The molecule has 0 aromatic carbocycles. The van der Waals surface area contributed by atoms with Gasteiger partial charge in [0.1, 0.15) is 0 Å². The Morgan fingerprint density at radius 2 is 2.25 bits per heavy atom. The van der Waals surface area contributed by atoms with Gasteiger partial charge in [0.25, 0.3) is 0 Å². The lowest BCUT2D eigenvalue weighted by Crippen LogP contribution is -2.47. The normalized spacial score (nSPS) is 26.1. The second kappa shape index (κ2) is 4.80. The van der Waals surface area contributed by atoms with E-state index in [4.69, 9.17) is 14.9 Å². The maximum Gasteiger partial charge on any atom is 0.318 e. The Balaban J connectivity index is 2.08. The molecule has 6 nitrogen and oxygen atoms in total. The van der Waals surface area contributed by atoms with Gasteiger partial charge in [-0.25, -0.2) is 0 Å². The molecule has 0 saturated carbocycles. The summed E-state index contributed by atoms with van der Waals surface area (Å²) in [6.07, 6.45) is 0.822. The molecule has 2 atom stereocenters. The van der Waals surface area contributed by atoms with E-state index < -0.39 is 0 Å². The van der Waals surface area contributed by atoms with Gasteiger partial charge < -0.3 is 19.8 Å². The monoisotopic (exact) mass is 226 g/mol. The Hall–Kier alpha value is -1.14. The molecule has 0 spiro atoms. The van der Waals surface area contributed by atoms with E-state index in [1.807, 2.05) is 6.92 Å². The minimum Gasteiger partial charge on any atom is -0.408 e. The van der Waals surface area contributed by atoms with Crippen LogP contribution in [0.1, 0.15) is 19.7 Å². The molecule has 1 aromatic rings. The van der Waals surface area contributed by atoms with E-state index in [9.17, 15) is 0 Å². The van der Waals surface area contributed by atoms with Crippen molar-refractivity contribution in [2.75, 3.05) is 24.6 Å². The topological polar surface area (TPSA) is 77.4 Å². The number of rotatable bonds is 3. The highest BCUT2D eigenvalue weighted by Gasteiger charge is 2.27. The highest BCUT2D eigenvalue weighted by molar-refractivity contribution is 5.27. The van der Waals surface area contributed by atoms with Gasteiger partial charge in [0.05, 0.1) is 18.8 Å². The minimum absolute atomic E-state index is 0.195. The van der Waals surface area contributed by atoms with E-state index in [1.54, 1.807) is 0 Å². The van der Waals surface area contributed by atoms with Crippen molar-refractivity contribution in [2.45, 2.75) is 32.4 Å². The van der Waals surface area contributed by atoms with Crippen molar-refractivity contribution < 1.29 is 9.15 Å². The fraction of sp³-hybridized carbons (Fsp3) is 0.800. The maximum absolute atomic E-state index is 5.55. The number of aromatic nitrogens is 2. The van der Waals surface area contributed by atoms with Crippen LogP contribution in [0.25, 0.3) is 0 Å². The Labute approximate surface area is 94.8 Å². The summed E-state index contributed by atoms with van der Waals surface area (Å²) < 4.78 is 11.1. The van der Waals surface area contributed by atoms with Gasteiger partial charge in [0, 0.05) is 19.5 Å². The number of morpholine rings is 1. The van der Waals surface area contributed by atoms with Crippen molar-refractivity contribution in [2.24, 2.45) is 5.73 Å². The van der Waals surface area contributed by atoms with Crippen molar-refractivity contribution in [1.82, 2.24) is 10.2 Å². The third-order valence-corrected chi connectivity index (χ3v) is 2.67. The third-order valence-electron chi connectivity index (χ3n) is 2.67. The molecule has 2 heterocycles. The molecule has 0 aliphatic carbocycles. The molecular weight excluding hydrogens is 208 g/mol. The van der Waals surface area contributed by atoms with Crippen LogP contribution in [0.2, 0.25) is 0 Å². The Morgan fingerprint density at radius 3 is 3.00 bits per heavy atom. The molecule has 6 heteroatoms. The average molecular weight is 226 g/mol. The fourth-order valence-corrected chi connectivity index (χ4v) is 1.76. The van der Waals surface area contributed by atoms with Crippen LogP contribution in [0.3, 0.4) is 0 Å². The fourth-order valence-electron chi connectivity index (χ4n) is 1.76. The number of nitrogens with two attached hydrogens (primary N) is 1. The van der Waals surface area contributed by atoms with Gasteiger partial charge in [0.2, 0.25) is 5.89 Å². The lowest BCUT2D eigenvalue weighted by atomic mass is 10.2. The molecule has 0 radical (unpaired) electrons. The van der Waals surface area contributed by atoms with E-state index in [-0.39, 0.29) is 12.1 Å². The lowest BCUT2D eigenvalue weighted by Gasteiger charge is -2.35. The van der Waals surface area contributed by atoms with Crippen molar-refractivity contribution in [3.8, 4) is 0 Å². The predicted molar refractivity (Wildman–Crippen MR) is 59.3 cm³/mol. The number of anilines is 1. The zero-order chi connectivity index (χ0) is 11.5. The van der Waals surface area contributed by atoms with Crippen LogP contribution >= 0.6 is 0 Å². The first-order valence-corrected chi connectivity index (χ1v) is 5.61. The summed E-state index contributed by atoms with van der Waals surface area (Å²) in [6.45, 7) is 6.12. The minimum atomic E-state index is 0.195. The summed E-state index contributed by atoms with van der Waals surface area (Å²) in [7, 11) is 0. The van der Waals surface area contributed by atoms with E-state index in [1.165, 1.54) is 0 Å². The molecule has 1 aliphatic heterocycles. The lowest BCUT2D eigenvalue weighted by molar-refractivity contribution is 0.0322. The molecule has 1 fully saturated rings. The van der Waals surface area contributed by atoms with E-state index in [0.29, 0.717) is 31.5 Å². The predicted octanol–water partition coefficient (Wildman–Crippen LogP) is 0.184. The molecule has 1 aliphatic rings. The molecule has 16 heavy (non-hydrogen) atoms. The van der Waals surface area contributed by atoms with E-state index in [2.05, 4.69) is 22.0 Å². The molecular formula is C10H18N4O2. The van der Waals surface area contributed by atoms with Gasteiger partial charge in [-0.2, -0.15) is 0 Å². The number of ether oxygens (including phenoxy) is 1. The third kappa shape index (κ3) is 2.33. The van der Waals surface area contributed by atoms with E-state index in [0.717, 1.165) is 6.54 Å². The number of hydrogen-bond acceptors (Lipinski definition) is 6. The van der Waals surface area contributed by atoms with Crippen molar-refractivity contribution in [1.29, 1.82) is 0 Å². The molecule has 0 amide bonds. The van der Waals surface area contributed by atoms with Gasteiger partial charge in [-0.15, -0.1) is 5.10 Å². The summed E-state index contributed by atoms with van der Waals surface area (Å²) >= 11 is 0. The molecule has 2 rings (SSSR count). The molecule has 1 aromatic heterocycles. The van der Waals surface area contributed by atoms with Crippen LogP contribution in [0.4, 0.5) is 6.01 Å². The Bertz CT molecular complexity index is 341.